The fraction of sp³-hybridized carbons (Fsp3) is 0.550. The molecule has 7 nitrogen and oxygen atoms in total. The number of piperidine rings is 1. The number of carboxylic acid groups (broad SMARTS) is 1. The highest BCUT2D eigenvalue weighted by Gasteiger charge is 2.43. The van der Waals surface area contributed by atoms with E-state index in [0.717, 1.165) is 17.3 Å². The lowest BCUT2D eigenvalue weighted by molar-refractivity contribution is -0.156. The molecule has 0 spiro atoms. The molecule has 1 aromatic heterocycles. The molecule has 2 fully saturated rings. The van der Waals surface area contributed by atoms with Crippen LogP contribution in [0.1, 0.15) is 19.8 Å². The number of hydrogen-bond donors (Lipinski definition) is 1. The topological polar surface area (TPSA) is 84.7 Å². The zero-order chi connectivity index (χ0) is 19.0. The van der Waals surface area contributed by atoms with E-state index in [4.69, 9.17) is 4.74 Å². The second-order valence-electron chi connectivity index (χ2n) is 7.74. The van der Waals surface area contributed by atoms with Gasteiger partial charge in [-0.3, -0.25) is 14.3 Å². The third-order valence-electron chi connectivity index (χ3n) is 5.89. The van der Waals surface area contributed by atoms with Crippen LogP contribution in [0, 0.1) is 17.8 Å². The van der Waals surface area contributed by atoms with Gasteiger partial charge in [-0.1, -0.05) is 25.1 Å². The zero-order valence-corrected chi connectivity index (χ0v) is 15.5. The number of nitrogens with zero attached hydrogens (tertiary/aromatic N) is 3. The van der Waals surface area contributed by atoms with E-state index in [0.29, 0.717) is 32.7 Å². The van der Waals surface area contributed by atoms with E-state index >= 15 is 0 Å². The van der Waals surface area contributed by atoms with Crippen molar-refractivity contribution in [1.29, 1.82) is 0 Å². The number of amides is 1. The van der Waals surface area contributed by atoms with Gasteiger partial charge in [-0.25, -0.2) is 0 Å². The van der Waals surface area contributed by atoms with Crippen LogP contribution >= 0.6 is 0 Å². The van der Waals surface area contributed by atoms with E-state index in [1.165, 1.54) is 0 Å². The van der Waals surface area contributed by atoms with Crippen LogP contribution in [0.3, 0.4) is 0 Å². The summed E-state index contributed by atoms with van der Waals surface area (Å²) < 4.78 is 7.40. The lowest BCUT2D eigenvalue weighted by atomic mass is 9.80. The summed E-state index contributed by atoms with van der Waals surface area (Å²) in [6.45, 7) is 3.84. The minimum atomic E-state index is -0.831. The Morgan fingerprint density at radius 3 is 3.00 bits per heavy atom. The summed E-state index contributed by atoms with van der Waals surface area (Å²) in [5.74, 6) is -1.51. The van der Waals surface area contributed by atoms with E-state index in [2.05, 4.69) is 5.10 Å². The first-order valence-corrected chi connectivity index (χ1v) is 9.56. The van der Waals surface area contributed by atoms with Gasteiger partial charge in [0, 0.05) is 30.5 Å². The lowest BCUT2D eigenvalue weighted by Crippen LogP contribution is -2.57. The van der Waals surface area contributed by atoms with Crippen molar-refractivity contribution in [1.82, 2.24) is 14.7 Å². The predicted octanol–water partition coefficient (Wildman–Crippen LogP) is 2.01. The number of aromatic nitrogens is 2. The van der Waals surface area contributed by atoms with Gasteiger partial charge in [0.15, 0.2) is 0 Å². The lowest BCUT2D eigenvalue weighted by Gasteiger charge is -2.46. The van der Waals surface area contributed by atoms with Gasteiger partial charge in [0.1, 0.15) is 0 Å². The zero-order valence-electron chi connectivity index (χ0n) is 15.5. The highest BCUT2D eigenvalue weighted by molar-refractivity contribution is 5.81. The molecule has 0 aliphatic carbocycles. The maximum atomic E-state index is 13.2. The second kappa shape index (κ2) is 7.31. The van der Waals surface area contributed by atoms with Gasteiger partial charge >= 0.3 is 5.97 Å². The molecule has 0 saturated carbocycles. The molecule has 1 aromatic carbocycles. The average Bonchev–Trinajstić information content (AvgIpc) is 3.09. The minimum Gasteiger partial charge on any atom is -0.481 e. The Hall–Kier alpha value is -2.41. The molecule has 144 valence electrons. The van der Waals surface area contributed by atoms with Crippen molar-refractivity contribution in [2.45, 2.75) is 32.4 Å². The van der Waals surface area contributed by atoms with Crippen molar-refractivity contribution >= 4 is 22.8 Å². The molecule has 0 radical (unpaired) electrons. The number of fused-ring (bicyclic) bond motifs is 2. The molecule has 2 aliphatic rings. The van der Waals surface area contributed by atoms with Crippen LogP contribution in [0.5, 0.6) is 0 Å². The number of carboxylic acids is 1. The van der Waals surface area contributed by atoms with Crippen LogP contribution in [0.4, 0.5) is 0 Å². The standard InChI is InChI=1S/C20H25N3O4/c1-13(10-23-18-5-3-2-4-14(18)9-21-23)19(24)22-11-15(20(25)26)8-16-12-27-7-6-17(16)22/h2-5,9,13,15-17H,6-8,10-12H2,1H3,(H,25,26)/t13?,15-,16-,17-/m1/s1. The molecular weight excluding hydrogens is 346 g/mol. The molecule has 1 amide bonds. The Morgan fingerprint density at radius 1 is 1.37 bits per heavy atom. The van der Waals surface area contributed by atoms with Crippen LogP contribution in [-0.4, -0.2) is 57.5 Å². The number of carbonyl (C=O) groups excluding carboxylic acids is 1. The normalized spacial score (nSPS) is 26.6. The average molecular weight is 371 g/mol. The van der Waals surface area contributed by atoms with Crippen molar-refractivity contribution in [3.8, 4) is 0 Å². The van der Waals surface area contributed by atoms with Gasteiger partial charge in [0.25, 0.3) is 0 Å². The summed E-state index contributed by atoms with van der Waals surface area (Å²) in [5, 5.41) is 15.0. The Morgan fingerprint density at radius 2 is 2.19 bits per heavy atom. The van der Waals surface area contributed by atoms with Crippen molar-refractivity contribution in [3.05, 3.63) is 30.5 Å². The second-order valence-corrected chi connectivity index (χ2v) is 7.74. The van der Waals surface area contributed by atoms with E-state index < -0.39 is 11.9 Å². The molecule has 4 atom stereocenters. The number of aliphatic carboxylic acids is 1. The number of ether oxygens (including phenoxy) is 1. The van der Waals surface area contributed by atoms with Crippen molar-refractivity contribution < 1.29 is 19.4 Å². The van der Waals surface area contributed by atoms with E-state index in [-0.39, 0.29) is 23.8 Å². The molecule has 4 rings (SSSR count). The Kier molecular flexibility index (Phi) is 4.86. The quantitative estimate of drug-likeness (QED) is 0.889. The van der Waals surface area contributed by atoms with E-state index in [1.54, 1.807) is 0 Å². The fourth-order valence-electron chi connectivity index (χ4n) is 4.46. The summed E-state index contributed by atoms with van der Waals surface area (Å²) in [6, 6.07) is 8.00. The molecule has 1 unspecified atom stereocenters. The van der Waals surface area contributed by atoms with Crippen LogP contribution in [-0.2, 0) is 20.9 Å². The monoisotopic (exact) mass is 371 g/mol. The van der Waals surface area contributed by atoms with Crippen LogP contribution < -0.4 is 0 Å². The van der Waals surface area contributed by atoms with Crippen molar-refractivity contribution in [3.63, 3.8) is 0 Å². The number of carbonyl (C=O) groups is 2. The first kappa shape index (κ1) is 18.0. The molecule has 7 heteroatoms. The first-order chi connectivity index (χ1) is 13.0. The van der Waals surface area contributed by atoms with Gasteiger partial charge in [0.05, 0.1) is 36.7 Å². The largest absolute Gasteiger partial charge is 0.481 e. The summed E-state index contributed by atoms with van der Waals surface area (Å²) in [6.07, 6.45) is 3.17. The third kappa shape index (κ3) is 3.43. The smallest absolute Gasteiger partial charge is 0.308 e. The first-order valence-electron chi connectivity index (χ1n) is 9.56. The van der Waals surface area contributed by atoms with Crippen LogP contribution in [0.2, 0.25) is 0 Å². The van der Waals surface area contributed by atoms with E-state index in [9.17, 15) is 14.7 Å². The number of likely N-dealkylation sites (tertiary alicyclic amines) is 1. The third-order valence-corrected chi connectivity index (χ3v) is 5.89. The van der Waals surface area contributed by atoms with Gasteiger partial charge in [-0.05, 0) is 18.9 Å². The minimum absolute atomic E-state index is 0.0115. The molecule has 2 aliphatic heterocycles. The molecular formula is C20H25N3O4. The number of hydrogen-bond acceptors (Lipinski definition) is 4. The molecule has 3 heterocycles. The summed E-state index contributed by atoms with van der Waals surface area (Å²) in [7, 11) is 0. The molecule has 2 aromatic rings. The van der Waals surface area contributed by atoms with Crippen molar-refractivity contribution in [2.24, 2.45) is 17.8 Å². The summed E-state index contributed by atoms with van der Waals surface area (Å²) in [5.41, 5.74) is 1.00. The van der Waals surface area contributed by atoms with E-state index in [1.807, 2.05) is 47.0 Å². The molecule has 1 N–H and O–H groups in total. The number of para-hydroxylation sites is 1. The van der Waals surface area contributed by atoms with Gasteiger partial charge in [-0.15, -0.1) is 0 Å². The van der Waals surface area contributed by atoms with Crippen molar-refractivity contribution in [2.75, 3.05) is 19.8 Å². The molecule has 27 heavy (non-hydrogen) atoms. The number of rotatable bonds is 4. The highest BCUT2D eigenvalue weighted by Crippen LogP contribution is 2.33. The Labute approximate surface area is 157 Å². The van der Waals surface area contributed by atoms with Gasteiger partial charge in [0.2, 0.25) is 5.91 Å². The molecule has 2 saturated heterocycles. The summed E-state index contributed by atoms with van der Waals surface area (Å²) in [4.78, 5) is 26.6. The Bertz CT molecular complexity index is 849. The van der Waals surface area contributed by atoms with Crippen LogP contribution in [0.25, 0.3) is 10.9 Å². The SMILES string of the molecule is CC(Cn1ncc2ccccc21)C(=O)N1C[C@H](C(=O)O)C[C@@H]2COCC[C@H]21. The fourth-order valence-corrected chi connectivity index (χ4v) is 4.46. The van der Waals surface area contributed by atoms with Crippen LogP contribution in [0.15, 0.2) is 30.5 Å². The maximum absolute atomic E-state index is 13.2. The maximum Gasteiger partial charge on any atom is 0.308 e. The van der Waals surface area contributed by atoms with Gasteiger partial charge < -0.3 is 14.7 Å². The summed E-state index contributed by atoms with van der Waals surface area (Å²) >= 11 is 0. The van der Waals surface area contributed by atoms with Gasteiger partial charge in [-0.2, -0.15) is 5.10 Å². The predicted molar refractivity (Wildman–Crippen MR) is 99.1 cm³/mol. The molecule has 0 bridgehead atoms. The highest BCUT2D eigenvalue weighted by atomic mass is 16.5. The number of benzene rings is 1. The Balaban J connectivity index is 1.53.